The number of hydrogen-bond acceptors (Lipinski definition) is 4. The van der Waals surface area contributed by atoms with E-state index in [1.165, 1.54) is 4.88 Å². The topological polar surface area (TPSA) is 54.9 Å². The van der Waals surface area contributed by atoms with Crippen LogP contribution in [0.15, 0.2) is 40.7 Å². The highest BCUT2D eigenvalue weighted by Crippen LogP contribution is 2.24. The van der Waals surface area contributed by atoms with Crippen molar-refractivity contribution in [2.24, 2.45) is 4.99 Å². The van der Waals surface area contributed by atoms with Crippen LogP contribution in [-0.4, -0.2) is 33.8 Å². The Balaban J connectivity index is 0.00000288. The van der Waals surface area contributed by atoms with Gasteiger partial charge in [-0.15, -0.1) is 35.3 Å². The predicted molar refractivity (Wildman–Crippen MR) is 111 cm³/mol. The summed E-state index contributed by atoms with van der Waals surface area (Å²) in [6.07, 6.45) is 0.820. The Morgan fingerprint density at radius 2 is 2.00 bits per heavy atom. The normalized spacial score (nSPS) is 10.7. The van der Waals surface area contributed by atoms with Gasteiger partial charge < -0.3 is 20.1 Å². The highest BCUT2D eigenvalue weighted by atomic mass is 127. The van der Waals surface area contributed by atoms with E-state index in [4.69, 9.17) is 9.47 Å². The fourth-order valence-electron chi connectivity index (χ4n) is 2.20. The van der Waals surface area contributed by atoms with Crippen molar-refractivity contribution in [3.05, 3.63) is 46.2 Å². The van der Waals surface area contributed by atoms with Crippen LogP contribution >= 0.6 is 35.3 Å². The van der Waals surface area contributed by atoms with Gasteiger partial charge in [0.15, 0.2) is 5.96 Å². The zero-order valence-electron chi connectivity index (χ0n) is 14.2. The number of benzene rings is 1. The number of methoxy groups -OCH3 is 2. The van der Waals surface area contributed by atoms with E-state index in [1.807, 2.05) is 24.3 Å². The van der Waals surface area contributed by atoms with Crippen LogP contribution in [0.2, 0.25) is 0 Å². The molecule has 5 nitrogen and oxygen atoms in total. The molecule has 0 amide bonds. The predicted octanol–water partition coefficient (Wildman–Crippen LogP) is 3.29. The van der Waals surface area contributed by atoms with Crippen molar-refractivity contribution >= 4 is 41.3 Å². The Labute approximate surface area is 164 Å². The van der Waals surface area contributed by atoms with Gasteiger partial charge in [0, 0.05) is 18.5 Å². The molecule has 0 aliphatic heterocycles. The molecular formula is C17H24IN3O2S. The van der Waals surface area contributed by atoms with Crippen LogP contribution in [0, 0.1) is 0 Å². The van der Waals surface area contributed by atoms with E-state index in [0.29, 0.717) is 0 Å². The minimum Gasteiger partial charge on any atom is -0.497 e. The molecule has 2 rings (SSSR count). The molecule has 0 aliphatic carbocycles. The van der Waals surface area contributed by atoms with Crippen LogP contribution < -0.4 is 20.1 Å². The Kier molecular flexibility index (Phi) is 9.55. The first-order valence-corrected chi connectivity index (χ1v) is 8.32. The highest BCUT2D eigenvalue weighted by molar-refractivity contribution is 14.0. The Bertz CT molecular complexity index is 633. The van der Waals surface area contributed by atoms with Gasteiger partial charge in [0.2, 0.25) is 0 Å². The summed E-state index contributed by atoms with van der Waals surface area (Å²) < 4.78 is 10.7. The fourth-order valence-corrected chi connectivity index (χ4v) is 2.84. The average Bonchev–Trinajstić information content (AvgIpc) is 3.11. The number of ether oxygens (including phenoxy) is 2. The van der Waals surface area contributed by atoms with Crippen LogP contribution in [0.25, 0.3) is 0 Å². The summed E-state index contributed by atoms with van der Waals surface area (Å²) in [5.74, 6) is 2.50. The molecule has 0 bridgehead atoms. The summed E-state index contributed by atoms with van der Waals surface area (Å²) in [4.78, 5) is 5.52. The average molecular weight is 461 g/mol. The van der Waals surface area contributed by atoms with Gasteiger partial charge in [-0.25, -0.2) is 0 Å². The second-order valence-electron chi connectivity index (χ2n) is 4.86. The molecule has 0 atom stereocenters. The molecule has 1 aromatic heterocycles. The molecule has 24 heavy (non-hydrogen) atoms. The van der Waals surface area contributed by atoms with Crippen LogP contribution in [0.4, 0.5) is 0 Å². The minimum atomic E-state index is 0. The molecule has 0 unspecified atom stereocenters. The van der Waals surface area contributed by atoms with Gasteiger partial charge in [0.25, 0.3) is 0 Å². The lowest BCUT2D eigenvalue weighted by atomic mass is 10.1. The molecule has 0 radical (unpaired) electrons. The number of thiophene rings is 1. The van der Waals surface area contributed by atoms with Crippen LogP contribution in [0.1, 0.15) is 10.4 Å². The van der Waals surface area contributed by atoms with Crippen molar-refractivity contribution in [3.8, 4) is 11.5 Å². The van der Waals surface area contributed by atoms with Crippen LogP contribution in [-0.2, 0) is 13.0 Å². The van der Waals surface area contributed by atoms with Crippen molar-refractivity contribution in [2.75, 3.05) is 27.8 Å². The number of aliphatic imine (C=N–C) groups is 1. The van der Waals surface area contributed by atoms with Crippen molar-refractivity contribution in [1.29, 1.82) is 0 Å². The number of nitrogens with one attached hydrogen (secondary N) is 2. The van der Waals surface area contributed by atoms with E-state index in [-0.39, 0.29) is 24.0 Å². The molecule has 0 saturated heterocycles. The molecule has 0 spiro atoms. The summed E-state index contributed by atoms with van der Waals surface area (Å²) in [6, 6.07) is 9.98. The first-order valence-electron chi connectivity index (χ1n) is 7.44. The van der Waals surface area contributed by atoms with Crippen LogP contribution in [0.3, 0.4) is 0 Å². The van der Waals surface area contributed by atoms with Gasteiger partial charge in [-0.05, 0) is 41.6 Å². The maximum absolute atomic E-state index is 5.40. The van der Waals surface area contributed by atoms with E-state index in [1.54, 1.807) is 32.6 Å². The largest absolute Gasteiger partial charge is 0.497 e. The molecule has 0 fully saturated rings. The van der Waals surface area contributed by atoms with Gasteiger partial charge in [0.1, 0.15) is 11.5 Å². The number of hydrogen-bond donors (Lipinski definition) is 2. The second-order valence-corrected chi connectivity index (χ2v) is 5.89. The van der Waals surface area contributed by atoms with Gasteiger partial charge in [-0.3, -0.25) is 4.99 Å². The molecule has 0 aliphatic rings. The molecule has 2 aromatic rings. The van der Waals surface area contributed by atoms with E-state index in [9.17, 15) is 0 Å². The summed E-state index contributed by atoms with van der Waals surface area (Å²) in [7, 11) is 5.12. The van der Waals surface area contributed by atoms with Gasteiger partial charge >= 0.3 is 0 Å². The standard InChI is InChI=1S/C17H23N3O2S.HI/c1-18-17(20-12-15-5-4-10-23-15)19-9-8-13-11-14(21-2)6-7-16(13)22-3;/h4-7,10-11H,8-9,12H2,1-3H3,(H2,18,19,20);1H. The molecule has 1 aromatic carbocycles. The number of nitrogens with zero attached hydrogens (tertiary/aromatic N) is 1. The lowest BCUT2D eigenvalue weighted by molar-refractivity contribution is 0.398. The summed E-state index contributed by atoms with van der Waals surface area (Å²) in [5.41, 5.74) is 1.10. The Hall–Kier alpha value is -1.48. The molecule has 0 saturated carbocycles. The third kappa shape index (κ3) is 6.20. The smallest absolute Gasteiger partial charge is 0.191 e. The first-order chi connectivity index (χ1) is 11.3. The summed E-state index contributed by atoms with van der Waals surface area (Å²) in [6.45, 7) is 1.54. The molecular weight excluding hydrogens is 437 g/mol. The lowest BCUT2D eigenvalue weighted by Gasteiger charge is -2.13. The quantitative estimate of drug-likeness (QED) is 0.378. The van der Waals surface area contributed by atoms with Gasteiger partial charge in [-0.1, -0.05) is 6.07 Å². The zero-order valence-corrected chi connectivity index (χ0v) is 17.3. The summed E-state index contributed by atoms with van der Waals surface area (Å²) in [5, 5.41) is 8.69. The van der Waals surface area contributed by atoms with Gasteiger partial charge in [0.05, 0.1) is 20.8 Å². The number of halogens is 1. The first kappa shape index (κ1) is 20.6. The van der Waals surface area contributed by atoms with Crippen molar-refractivity contribution < 1.29 is 9.47 Å². The van der Waals surface area contributed by atoms with E-state index >= 15 is 0 Å². The van der Waals surface area contributed by atoms with E-state index in [2.05, 4.69) is 27.1 Å². The highest BCUT2D eigenvalue weighted by Gasteiger charge is 2.06. The van der Waals surface area contributed by atoms with E-state index < -0.39 is 0 Å². The Morgan fingerprint density at radius 3 is 2.62 bits per heavy atom. The van der Waals surface area contributed by atoms with Crippen molar-refractivity contribution in [2.45, 2.75) is 13.0 Å². The maximum atomic E-state index is 5.40. The third-order valence-corrected chi connectivity index (χ3v) is 4.28. The minimum absolute atomic E-state index is 0. The number of guanidine groups is 1. The molecule has 132 valence electrons. The van der Waals surface area contributed by atoms with Crippen LogP contribution in [0.5, 0.6) is 11.5 Å². The SMILES string of the molecule is CN=C(NCCc1cc(OC)ccc1OC)NCc1cccs1.I. The summed E-state index contributed by atoms with van der Waals surface area (Å²) >= 11 is 1.73. The zero-order chi connectivity index (χ0) is 16.5. The molecule has 2 N–H and O–H groups in total. The number of rotatable bonds is 7. The van der Waals surface area contributed by atoms with Crippen molar-refractivity contribution in [1.82, 2.24) is 10.6 Å². The van der Waals surface area contributed by atoms with Crippen molar-refractivity contribution in [3.63, 3.8) is 0 Å². The molecule has 7 heteroatoms. The molecule has 1 heterocycles. The monoisotopic (exact) mass is 461 g/mol. The third-order valence-electron chi connectivity index (χ3n) is 3.41. The Morgan fingerprint density at radius 1 is 1.17 bits per heavy atom. The lowest BCUT2D eigenvalue weighted by Crippen LogP contribution is -2.37. The fraction of sp³-hybridized carbons (Fsp3) is 0.353. The second kappa shape index (κ2) is 11.1. The van der Waals surface area contributed by atoms with Gasteiger partial charge in [-0.2, -0.15) is 0 Å². The van der Waals surface area contributed by atoms with E-state index in [0.717, 1.165) is 42.5 Å². The maximum Gasteiger partial charge on any atom is 0.191 e.